The van der Waals surface area contributed by atoms with Gasteiger partial charge >= 0.3 is 0 Å². The highest BCUT2D eigenvalue weighted by molar-refractivity contribution is 5.23. The zero-order chi connectivity index (χ0) is 16.8. The molecule has 1 saturated carbocycles. The Morgan fingerprint density at radius 1 is 1.21 bits per heavy atom. The van der Waals surface area contributed by atoms with E-state index in [1.807, 2.05) is 11.6 Å². The standard InChI is InChI=1S/C17H20F2N4O/c1-22-16(20-21-17(22)10-2-3-10)9-23-8-12(24)7-15(23)11-4-5-13(18)14(19)6-11/h4-6,10,12,15,24H,2-3,7-9H2,1H3/t12-,15-/m1/s1. The Hall–Kier alpha value is -1.86. The minimum absolute atomic E-state index is 0.156. The second kappa shape index (κ2) is 5.89. The summed E-state index contributed by atoms with van der Waals surface area (Å²) in [6.45, 7) is 1.01. The average Bonchev–Trinajstić information content (AvgIpc) is 3.23. The maximum absolute atomic E-state index is 13.6. The molecule has 1 aromatic carbocycles. The molecule has 0 spiro atoms. The van der Waals surface area contributed by atoms with Gasteiger partial charge in [0.1, 0.15) is 11.6 Å². The lowest BCUT2D eigenvalue weighted by Crippen LogP contribution is -2.26. The van der Waals surface area contributed by atoms with Gasteiger partial charge in [-0.15, -0.1) is 10.2 Å². The van der Waals surface area contributed by atoms with Gasteiger partial charge in [0.15, 0.2) is 11.6 Å². The van der Waals surface area contributed by atoms with Crippen molar-refractivity contribution in [3.63, 3.8) is 0 Å². The lowest BCUT2D eigenvalue weighted by Gasteiger charge is -2.24. The maximum atomic E-state index is 13.6. The highest BCUT2D eigenvalue weighted by Crippen LogP contribution is 2.39. The molecule has 2 atom stereocenters. The quantitative estimate of drug-likeness (QED) is 0.932. The summed E-state index contributed by atoms with van der Waals surface area (Å²) in [6, 6.07) is 3.79. The molecule has 1 saturated heterocycles. The topological polar surface area (TPSA) is 54.2 Å². The van der Waals surface area contributed by atoms with Crippen molar-refractivity contribution in [3.8, 4) is 0 Å². The Morgan fingerprint density at radius 3 is 2.71 bits per heavy atom. The van der Waals surface area contributed by atoms with Crippen molar-refractivity contribution < 1.29 is 13.9 Å². The number of aliphatic hydroxyl groups is 1. The summed E-state index contributed by atoms with van der Waals surface area (Å²) in [7, 11) is 1.96. The number of nitrogens with zero attached hydrogens (tertiary/aromatic N) is 4. The van der Waals surface area contributed by atoms with Crippen molar-refractivity contribution in [2.24, 2.45) is 7.05 Å². The first-order valence-electron chi connectivity index (χ1n) is 8.28. The van der Waals surface area contributed by atoms with Crippen LogP contribution in [0.15, 0.2) is 18.2 Å². The van der Waals surface area contributed by atoms with Gasteiger partial charge in [0, 0.05) is 25.6 Å². The van der Waals surface area contributed by atoms with Crippen molar-refractivity contribution in [1.82, 2.24) is 19.7 Å². The smallest absolute Gasteiger partial charge is 0.159 e. The second-order valence-electron chi connectivity index (χ2n) is 6.82. The fourth-order valence-electron chi connectivity index (χ4n) is 3.51. The lowest BCUT2D eigenvalue weighted by atomic mass is 10.0. The Kier molecular flexibility index (Phi) is 3.85. The third-order valence-electron chi connectivity index (χ3n) is 5.00. The van der Waals surface area contributed by atoms with Crippen LogP contribution >= 0.6 is 0 Å². The van der Waals surface area contributed by atoms with E-state index < -0.39 is 17.7 Å². The van der Waals surface area contributed by atoms with Crippen molar-refractivity contribution >= 4 is 0 Å². The molecule has 2 aromatic rings. The van der Waals surface area contributed by atoms with Crippen LogP contribution in [0.25, 0.3) is 0 Å². The average molecular weight is 334 g/mol. The first kappa shape index (κ1) is 15.7. The summed E-state index contributed by atoms with van der Waals surface area (Å²) in [5, 5.41) is 18.6. The van der Waals surface area contributed by atoms with E-state index in [1.165, 1.54) is 6.07 Å². The van der Waals surface area contributed by atoms with Crippen molar-refractivity contribution in [3.05, 3.63) is 47.0 Å². The molecule has 128 valence electrons. The number of aromatic nitrogens is 3. The molecule has 1 aliphatic heterocycles. The number of benzene rings is 1. The summed E-state index contributed by atoms with van der Waals surface area (Å²) in [5.41, 5.74) is 0.676. The van der Waals surface area contributed by atoms with E-state index in [0.717, 1.165) is 30.6 Å². The van der Waals surface area contributed by atoms with Crippen LogP contribution in [0.5, 0.6) is 0 Å². The Labute approximate surface area is 138 Å². The first-order chi connectivity index (χ1) is 11.5. The molecule has 1 aromatic heterocycles. The van der Waals surface area contributed by atoms with Crippen LogP contribution in [0.3, 0.4) is 0 Å². The minimum Gasteiger partial charge on any atom is -0.392 e. The van der Waals surface area contributed by atoms with E-state index >= 15 is 0 Å². The number of rotatable bonds is 4. The molecule has 5 nitrogen and oxygen atoms in total. The molecule has 0 bridgehead atoms. The third-order valence-corrected chi connectivity index (χ3v) is 5.00. The Balaban J connectivity index is 1.57. The fraction of sp³-hybridized carbons (Fsp3) is 0.529. The largest absolute Gasteiger partial charge is 0.392 e. The second-order valence-corrected chi connectivity index (χ2v) is 6.82. The lowest BCUT2D eigenvalue weighted by molar-refractivity contribution is 0.170. The molecule has 0 unspecified atom stereocenters. The van der Waals surface area contributed by atoms with Gasteiger partial charge in [-0.3, -0.25) is 4.90 Å². The van der Waals surface area contributed by atoms with Crippen molar-refractivity contribution in [1.29, 1.82) is 0 Å². The highest BCUT2D eigenvalue weighted by atomic mass is 19.2. The van der Waals surface area contributed by atoms with Gasteiger partial charge in [0.05, 0.1) is 12.6 Å². The molecule has 1 aliphatic carbocycles. The highest BCUT2D eigenvalue weighted by Gasteiger charge is 2.34. The van der Waals surface area contributed by atoms with E-state index in [4.69, 9.17) is 0 Å². The molecule has 4 rings (SSSR count). The van der Waals surface area contributed by atoms with Crippen LogP contribution in [0.4, 0.5) is 8.78 Å². The number of likely N-dealkylation sites (tertiary alicyclic amines) is 1. The molecule has 0 radical (unpaired) electrons. The Morgan fingerprint density at radius 2 is 2.00 bits per heavy atom. The summed E-state index contributed by atoms with van der Waals surface area (Å²) in [5.74, 6) is 0.643. The van der Waals surface area contributed by atoms with Crippen LogP contribution in [0, 0.1) is 11.6 Å². The van der Waals surface area contributed by atoms with Crippen LogP contribution in [-0.4, -0.2) is 37.4 Å². The number of hydrogen-bond donors (Lipinski definition) is 1. The number of β-amino-alcohol motifs (C(OH)–C–C–N with tert-alkyl or cyclic N) is 1. The van der Waals surface area contributed by atoms with Gasteiger partial charge in [-0.2, -0.15) is 0 Å². The van der Waals surface area contributed by atoms with Gasteiger partial charge in [0.25, 0.3) is 0 Å². The van der Waals surface area contributed by atoms with Gasteiger partial charge in [-0.05, 0) is 37.0 Å². The van der Waals surface area contributed by atoms with Gasteiger partial charge in [-0.1, -0.05) is 6.07 Å². The minimum atomic E-state index is -0.858. The molecule has 2 heterocycles. The summed E-state index contributed by atoms with van der Waals surface area (Å²) in [4.78, 5) is 2.05. The van der Waals surface area contributed by atoms with Crippen LogP contribution < -0.4 is 0 Å². The number of hydrogen-bond acceptors (Lipinski definition) is 4. The maximum Gasteiger partial charge on any atom is 0.159 e. The third kappa shape index (κ3) is 2.82. The first-order valence-corrected chi connectivity index (χ1v) is 8.28. The summed E-state index contributed by atoms with van der Waals surface area (Å²) in [6.07, 6.45) is 2.33. The summed E-state index contributed by atoms with van der Waals surface area (Å²) >= 11 is 0. The SMILES string of the molecule is Cn1c(CN2C[C@H](O)C[C@@H]2c2ccc(F)c(F)c2)nnc1C1CC1. The zero-order valence-corrected chi connectivity index (χ0v) is 13.5. The Bertz CT molecular complexity index is 759. The number of aliphatic hydroxyl groups excluding tert-OH is 1. The molecule has 0 amide bonds. The normalized spacial score (nSPS) is 24.7. The predicted molar refractivity (Wildman–Crippen MR) is 83.1 cm³/mol. The predicted octanol–water partition coefficient (Wildman–Crippen LogP) is 2.28. The molecule has 2 aliphatic rings. The summed E-state index contributed by atoms with van der Waals surface area (Å²) < 4.78 is 28.8. The van der Waals surface area contributed by atoms with E-state index in [1.54, 1.807) is 6.07 Å². The molecule has 7 heteroatoms. The van der Waals surface area contributed by atoms with Crippen LogP contribution in [0.1, 0.15) is 48.4 Å². The molecule has 2 fully saturated rings. The van der Waals surface area contributed by atoms with Gasteiger partial charge in [0.2, 0.25) is 0 Å². The molecule has 24 heavy (non-hydrogen) atoms. The van der Waals surface area contributed by atoms with Gasteiger partial charge in [-0.25, -0.2) is 8.78 Å². The van der Waals surface area contributed by atoms with Crippen LogP contribution in [-0.2, 0) is 13.6 Å². The van der Waals surface area contributed by atoms with E-state index in [2.05, 4.69) is 15.1 Å². The fourth-order valence-corrected chi connectivity index (χ4v) is 3.51. The van der Waals surface area contributed by atoms with E-state index in [0.29, 0.717) is 31.0 Å². The molecular weight excluding hydrogens is 314 g/mol. The van der Waals surface area contributed by atoms with E-state index in [9.17, 15) is 13.9 Å². The van der Waals surface area contributed by atoms with Gasteiger partial charge < -0.3 is 9.67 Å². The van der Waals surface area contributed by atoms with Crippen LogP contribution in [0.2, 0.25) is 0 Å². The molecule has 1 N–H and O–H groups in total. The zero-order valence-electron chi connectivity index (χ0n) is 13.5. The van der Waals surface area contributed by atoms with Crippen molar-refractivity contribution in [2.45, 2.75) is 43.9 Å². The van der Waals surface area contributed by atoms with E-state index in [-0.39, 0.29) is 6.04 Å². The molecular formula is C17H20F2N4O. The monoisotopic (exact) mass is 334 g/mol. The number of halogens is 2. The van der Waals surface area contributed by atoms with Crippen molar-refractivity contribution in [2.75, 3.05) is 6.54 Å².